The Bertz CT molecular complexity index is 822. The Labute approximate surface area is 152 Å². The van der Waals surface area contributed by atoms with E-state index < -0.39 is 0 Å². The van der Waals surface area contributed by atoms with Crippen LogP contribution in [0.3, 0.4) is 0 Å². The van der Waals surface area contributed by atoms with Gasteiger partial charge >= 0.3 is 0 Å². The van der Waals surface area contributed by atoms with E-state index >= 15 is 0 Å². The lowest BCUT2D eigenvalue weighted by atomic mass is 10.1. The Morgan fingerprint density at radius 2 is 1.88 bits per heavy atom. The van der Waals surface area contributed by atoms with Crippen LogP contribution in [0.15, 0.2) is 34.3 Å². The standard InChI is InChI=1S/C19H24N4OS/c1-22(11-15-5-6-18-19(10-15)21-24-20-18)13-17-9-16(14-25-17)12-23-7-3-2-4-8-23/h5-6,9-10,14H,2-4,7-8,11-13H2,1H3. The van der Waals surface area contributed by atoms with E-state index in [1.165, 1.54) is 48.4 Å². The van der Waals surface area contributed by atoms with Gasteiger partial charge in [-0.15, -0.1) is 11.3 Å². The van der Waals surface area contributed by atoms with Crippen LogP contribution in [0, 0.1) is 0 Å². The quantitative estimate of drug-likeness (QED) is 0.670. The van der Waals surface area contributed by atoms with E-state index in [1.807, 2.05) is 17.4 Å². The van der Waals surface area contributed by atoms with Crippen molar-refractivity contribution in [2.75, 3.05) is 20.1 Å². The van der Waals surface area contributed by atoms with Gasteiger partial charge in [-0.05, 0) is 78.0 Å². The maximum atomic E-state index is 4.77. The lowest BCUT2D eigenvalue weighted by molar-refractivity contribution is 0.221. The van der Waals surface area contributed by atoms with Crippen LogP contribution in [0.4, 0.5) is 0 Å². The molecule has 1 fully saturated rings. The first-order chi connectivity index (χ1) is 12.3. The van der Waals surface area contributed by atoms with Crippen molar-refractivity contribution in [2.45, 2.75) is 38.9 Å². The predicted octanol–water partition coefficient (Wildman–Crippen LogP) is 3.90. The maximum Gasteiger partial charge on any atom is 0.135 e. The summed E-state index contributed by atoms with van der Waals surface area (Å²) in [5.41, 5.74) is 4.33. The van der Waals surface area contributed by atoms with E-state index in [0.29, 0.717) is 0 Å². The van der Waals surface area contributed by atoms with Gasteiger partial charge in [0.05, 0.1) is 0 Å². The average molecular weight is 356 g/mol. The Morgan fingerprint density at radius 1 is 1.04 bits per heavy atom. The Balaban J connectivity index is 1.33. The summed E-state index contributed by atoms with van der Waals surface area (Å²) in [6, 6.07) is 8.50. The van der Waals surface area contributed by atoms with Crippen molar-refractivity contribution in [1.82, 2.24) is 20.1 Å². The molecule has 0 radical (unpaired) electrons. The molecule has 4 rings (SSSR count). The summed E-state index contributed by atoms with van der Waals surface area (Å²) in [6.07, 6.45) is 4.10. The van der Waals surface area contributed by atoms with Gasteiger partial charge in [-0.2, -0.15) is 0 Å². The smallest absolute Gasteiger partial charge is 0.135 e. The minimum Gasteiger partial charge on any atom is -0.299 e. The average Bonchev–Trinajstić information content (AvgIpc) is 3.24. The van der Waals surface area contributed by atoms with Gasteiger partial charge in [0.2, 0.25) is 0 Å². The third kappa shape index (κ3) is 4.26. The maximum absolute atomic E-state index is 4.77. The molecule has 132 valence electrons. The fourth-order valence-corrected chi connectivity index (χ4v) is 4.49. The first kappa shape index (κ1) is 16.7. The number of rotatable bonds is 6. The number of benzene rings is 1. The Morgan fingerprint density at radius 3 is 2.76 bits per heavy atom. The summed E-state index contributed by atoms with van der Waals surface area (Å²) in [6.45, 7) is 5.48. The summed E-state index contributed by atoms with van der Waals surface area (Å²) in [7, 11) is 2.16. The zero-order valence-corrected chi connectivity index (χ0v) is 15.5. The molecule has 1 aliphatic rings. The monoisotopic (exact) mass is 356 g/mol. The van der Waals surface area contributed by atoms with Crippen molar-refractivity contribution in [3.05, 3.63) is 45.6 Å². The van der Waals surface area contributed by atoms with E-state index in [1.54, 1.807) is 0 Å². The van der Waals surface area contributed by atoms with Crippen LogP contribution >= 0.6 is 11.3 Å². The largest absolute Gasteiger partial charge is 0.299 e. The van der Waals surface area contributed by atoms with Crippen molar-refractivity contribution >= 4 is 22.4 Å². The molecule has 2 aromatic heterocycles. The molecule has 0 bridgehead atoms. The van der Waals surface area contributed by atoms with Crippen LogP contribution in [0.25, 0.3) is 11.0 Å². The molecule has 0 saturated carbocycles. The van der Waals surface area contributed by atoms with E-state index in [4.69, 9.17) is 4.63 Å². The van der Waals surface area contributed by atoms with Gasteiger partial charge in [0.25, 0.3) is 0 Å². The molecular formula is C19H24N4OS. The van der Waals surface area contributed by atoms with E-state index in [-0.39, 0.29) is 0 Å². The van der Waals surface area contributed by atoms with Crippen molar-refractivity contribution < 1.29 is 4.63 Å². The Kier molecular flexibility index (Phi) is 5.10. The van der Waals surface area contributed by atoms with E-state index in [9.17, 15) is 0 Å². The lowest BCUT2D eigenvalue weighted by Gasteiger charge is -2.25. The highest BCUT2D eigenvalue weighted by molar-refractivity contribution is 7.10. The molecule has 3 aromatic rings. The third-order valence-electron chi connectivity index (χ3n) is 4.76. The topological polar surface area (TPSA) is 45.4 Å². The summed E-state index contributed by atoms with van der Waals surface area (Å²) >= 11 is 1.88. The molecular weight excluding hydrogens is 332 g/mol. The van der Waals surface area contributed by atoms with Crippen LogP contribution in [0.1, 0.15) is 35.3 Å². The van der Waals surface area contributed by atoms with E-state index in [0.717, 1.165) is 30.7 Å². The number of fused-ring (bicyclic) bond motifs is 1. The first-order valence-electron chi connectivity index (χ1n) is 8.95. The molecule has 3 heterocycles. The molecule has 0 unspecified atom stereocenters. The highest BCUT2D eigenvalue weighted by Gasteiger charge is 2.12. The van der Waals surface area contributed by atoms with Crippen LogP contribution in [-0.2, 0) is 19.6 Å². The molecule has 0 atom stereocenters. The van der Waals surface area contributed by atoms with E-state index in [2.05, 4.69) is 50.7 Å². The molecule has 1 aromatic carbocycles. The summed E-state index contributed by atoms with van der Waals surface area (Å²) in [5, 5.41) is 10.1. The van der Waals surface area contributed by atoms with Gasteiger partial charge in [-0.25, -0.2) is 4.63 Å². The third-order valence-corrected chi connectivity index (χ3v) is 5.73. The first-order valence-corrected chi connectivity index (χ1v) is 9.82. The van der Waals surface area contributed by atoms with Crippen LogP contribution < -0.4 is 0 Å². The summed E-state index contributed by atoms with van der Waals surface area (Å²) in [5.74, 6) is 0. The number of aromatic nitrogens is 2. The number of hydrogen-bond donors (Lipinski definition) is 0. The zero-order chi connectivity index (χ0) is 17.1. The second-order valence-electron chi connectivity index (χ2n) is 7.02. The van der Waals surface area contributed by atoms with Gasteiger partial charge in [0, 0.05) is 24.5 Å². The minimum atomic E-state index is 0.812. The highest BCUT2D eigenvalue weighted by Crippen LogP contribution is 2.21. The second-order valence-corrected chi connectivity index (χ2v) is 8.01. The molecule has 1 aliphatic heterocycles. The second kappa shape index (κ2) is 7.64. The van der Waals surface area contributed by atoms with Crippen LogP contribution in [-0.4, -0.2) is 40.3 Å². The highest BCUT2D eigenvalue weighted by atomic mass is 32.1. The van der Waals surface area contributed by atoms with Gasteiger partial charge in [0.1, 0.15) is 11.0 Å². The van der Waals surface area contributed by atoms with Gasteiger partial charge in [-0.3, -0.25) is 9.80 Å². The Hall–Kier alpha value is -1.76. The van der Waals surface area contributed by atoms with Gasteiger partial charge in [0.15, 0.2) is 0 Å². The summed E-state index contributed by atoms with van der Waals surface area (Å²) < 4.78 is 4.77. The molecule has 5 nitrogen and oxygen atoms in total. The van der Waals surface area contributed by atoms with Gasteiger partial charge in [-0.1, -0.05) is 12.5 Å². The number of hydrogen-bond acceptors (Lipinski definition) is 6. The summed E-state index contributed by atoms with van der Waals surface area (Å²) in [4.78, 5) is 6.35. The fourth-order valence-electron chi connectivity index (χ4n) is 3.53. The number of thiophene rings is 1. The molecule has 0 aliphatic carbocycles. The normalized spacial score (nSPS) is 16.1. The fraction of sp³-hybridized carbons (Fsp3) is 0.474. The number of nitrogens with zero attached hydrogens (tertiary/aromatic N) is 4. The van der Waals surface area contributed by atoms with Crippen molar-refractivity contribution in [1.29, 1.82) is 0 Å². The van der Waals surface area contributed by atoms with Crippen molar-refractivity contribution in [2.24, 2.45) is 0 Å². The SMILES string of the molecule is CN(Cc1ccc2nonc2c1)Cc1cc(CN2CCCCC2)cs1. The molecule has 0 spiro atoms. The predicted molar refractivity (Wildman–Crippen MR) is 100 cm³/mol. The van der Waals surface area contributed by atoms with Gasteiger partial charge < -0.3 is 0 Å². The van der Waals surface area contributed by atoms with Crippen molar-refractivity contribution in [3.63, 3.8) is 0 Å². The molecule has 1 saturated heterocycles. The molecule has 0 N–H and O–H groups in total. The zero-order valence-electron chi connectivity index (χ0n) is 14.6. The molecule has 6 heteroatoms. The molecule has 25 heavy (non-hydrogen) atoms. The van der Waals surface area contributed by atoms with Crippen molar-refractivity contribution in [3.8, 4) is 0 Å². The lowest BCUT2D eigenvalue weighted by Crippen LogP contribution is -2.28. The number of likely N-dealkylation sites (tertiary alicyclic amines) is 1. The number of piperidine rings is 1. The minimum absolute atomic E-state index is 0.812. The van der Waals surface area contributed by atoms with Crippen LogP contribution in [0.2, 0.25) is 0 Å². The molecule has 0 amide bonds. The van der Waals surface area contributed by atoms with Crippen LogP contribution in [0.5, 0.6) is 0 Å².